The Morgan fingerprint density at radius 2 is 0.675 bits per heavy atom. The lowest BCUT2D eigenvalue weighted by Crippen LogP contribution is -2.09. The first-order valence-electron chi connectivity index (χ1n) is 13.7. The van der Waals surface area contributed by atoms with Crippen LogP contribution in [0.4, 0.5) is 35.1 Å². The summed E-state index contributed by atoms with van der Waals surface area (Å²) in [6.07, 6.45) is 9.95. The highest BCUT2D eigenvalue weighted by atomic mass is 19.2. The molecule has 0 radical (unpaired) electrons. The van der Waals surface area contributed by atoms with E-state index in [4.69, 9.17) is 9.47 Å². The standard InChI is InChI=1S/C30H34F8O2/c1-3-5-7-9-11-13-17-39-29-25(35)21(31)19(22(32)26(29)36)15-16-20-23(33)27(37)30(28(38)24(20)34)40-18-14-12-10-8-6-4-2/h3-14,17-18H2,1-2H3. The fourth-order valence-electron chi connectivity index (χ4n) is 3.93. The maximum atomic E-state index is 14.5. The van der Waals surface area contributed by atoms with Crippen molar-refractivity contribution < 1.29 is 44.6 Å². The molecule has 2 nitrogen and oxygen atoms in total. The zero-order valence-electron chi connectivity index (χ0n) is 22.7. The number of hydrogen-bond acceptors (Lipinski definition) is 2. The summed E-state index contributed by atoms with van der Waals surface area (Å²) in [6, 6.07) is 0. The van der Waals surface area contributed by atoms with Crippen molar-refractivity contribution >= 4 is 0 Å². The molecule has 0 aromatic heterocycles. The number of ether oxygens (including phenoxy) is 2. The van der Waals surface area contributed by atoms with Gasteiger partial charge in [0.25, 0.3) is 0 Å². The third-order valence-corrected chi connectivity index (χ3v) is 6.25. The van der Waals surface area contributed by atoms with E-state index in [2.05, 4.69) is 0 Å². The highest BCUT2D eigenvalue weighted by Crippen LogP contribution is 2.32. The fourth-order valence-corrected chi connectivity index (χ4v) is 3.93. The van der Waals surface area contributed by atoms with E-state index in [0.29, 0.717) is 25.7 Å². The smallest absolute Gasteiger partial charge is 0.205 e. The molecule has 0 heterocycles. The molecule has 0 aliphatic carbocycles. The van der Waals surface area contributed by atoms with Gasteiger partial charge >= 0.3 is 0 Å². The van der Waals surface area contributed by atoms with E-state index in [1.807, 2.05) is 13.8 Å². The van der Waals surface area contributed by atoms with E-state index < -0.39 is 69.2 Å². The lowest BCUT2D eigenvalue weighted by Gasteiger charge is -2.11. The van der Waals surface area contributed by atoms with Crippen LogP contribution in [0, 0.1) is 58.4 Å². The van der Waals surface area contributed by atoms with Gasteiger partial charge in [0, 0.05) is 0 Å². The minimum Gasteiger partial charge on any atom is -0.487 e. The molecule has 0 saturated heterocycles. The van der Waals surface area contributed by atoms with E-state index >= 15 is 0 Å². The van der Waals surface area contributed by atoms with Gasteiger partial charge in [0.2, 0.25) is 23.3 Å². The molecule has 0 unspecified atom stereocenters. The monoisotopic (exact) mass is 578 g/mol. The molecular formula is C30H34F8O2. The van der Waals surface area contributed by atoms with Gasteiger partial charge in [-0.05, 0) is 12.8 Å². The summed E-state index contributed by atoms with van der Waals surface area (Å²) >= 11 is 0. The summed E-state index contributed by atoms with van der Waals surface area (Å²) in [5.74, 6) is -15.0. The van der Waals surface area contributed by atoms with Crippen LogP contribution < -0.4 is 9.47 Å². The Hall–Kier alpha value is -2.96. The van der Waals surface area contributed by atoms with Crippen molar-refractivity contribution in [3.63, 3.8) is 0 Å². The summed E-state index contributed by atoms with van der Waals surface area (Å²) in [6.45, 7) is 3.68. The first-order chi connectivity index (χ1) is 19.2. The average Bonchev–Trinajstić information content (AvgIpc) is 2.94. The predicted molar refractivity (Wildman–Crippen MR) is 136 cm³/mol. The van der Waals surface area contributed by atoms with Crippen LogP contribution in [-0.4, -0.2) is 13.2 Å². The van der Waals surface area contributed by atoms with Gasteiger partial charge in [-0.25, -0.2) is 17.6 Å². The molecule has 222 valence electrons. The van der Waals surface area contributed by atoms with E-state index in [-0.39, 0.29) is 13.2 Å². The Labute approximate surface area is 230 Å². The van der Waals surface area contributed by atoms with Crippen LogP contribution in [0.2, 0.25) is 0 Å². The van der Waals surface area contributed by atoms with E-state index in [9.17, 15) is 35.1 Å². The molecule has 2 aromatic rings. The highest BCUT2D eigenvalue weighted by molar-refractivity contribution is 5.50. The zero-order chi connectivity index (χ0) is 29.7. The third kappa shape index (κ3) is 8.77. The molecule has 0 fully saturated rings. The first-order valence-corrected chi connectivity index (χ1v) is 13.7. The second-order valence-corrected chi connectivity index (χ2v) is 9.40. The first kappa shape index (κ1) is 33.2. The van der Waals surface area contributed by atoms with Crippen LogP contribution >= 0.6 is 0 Å². The highest BCUT2D eigenvalue weighted by Gasteiger charge is 2.28. The quantitative estimate of drug-likeness (QED) is 0.0855. The molecular weight excluding hydrogens is 544 g/mol. The number of rotatable bonds is 16. The van der Waals surface area contributed by atoms with Gasteiger partial charge < -0.3 is 9.47 Å². The number of benzene rings is 2. The van der Waals surface area contributed by atoms with Gasteiger partial charge in [0.15, 0.2) is 34.8 Å². The van der Waals surface area contributed by atoms with Gasteiger partial charge in [0.05, 0.1) is 13.2 Å². The van der Waals surface area contributed by atoms with Crippen LogP contribution in [0.15, 0.2) is 0 Å². The van der Waals surface area contributed by atoms with E-state index in [0.717, 1.165) is 51.4 Å². The Morgan fingerprint density at radius 1 is 0.400 bits per heavy atom. The molecule has 0 aliphatic heterocycles. The molecule has 0 saturated carbocycles. The lowest BCUT2D eigenvalue weighted by molar-refractivity contribution is 0.263. The summed E-state index contributed by atoms with van der Waals surface area (Å²) < 4.78 is 125. The largest absolute Gasteiger partial charge is 0.487 e. The maximum absolute atomic E-state index is 14.5. The topological polar surface area (TPSA) is 18.5 Å². The molecule has 2 aromatic carbocycles. The Kier molecular flexibility index (Phi) is 14.1. The van der Waals surface area contributed by atoms with Gasteiger partial charge in [-0.15, -0.1) is 0 Å². The van der Waals surface area contributed by atoms with Gasteiger partial charge in [-0.2, -0.15) is 17.6 Å². The Bertz CT molecular complexity index is 1040. The Morgan fingerprint density at radius 3 is 0.975 bits per heavy atom. The van der Waals surface area contributed by atoms with Crippen molar-refractivity contribution in [2.75, 3.05) is 13.2 Å². The van der Waals surface area contributed by atoms with Crippen LogP contribution in [0.5, 0.6) is 11.5 Å². The summed E-state index contributed by atoms with van der Waals surface area (Å²) in [5.41, 5.74) is -3.05. The van der Waals surface area contributed by atoms with Gasteiger partial charge in [0.1, 0.15) is 11.1 Å². The molecule has 0 atom stereocenters. The number of hydrogen-bond donors (Lipinski definition) is 0. The Balaban J connectivity index is 2.20. The zero-order valence-corrected chi connectivity index (χ0v) is 22.7. The van der Waals surface area contributed by atoms with E-state index in [1.54, 1.807) is 11.8 Å². The van der Waals surface area contributed by atoms with Crippen LogP contribution in [0.25, 0.3) is 0 Å². The molecule has 2 rings (SSSR count). The van der Waals surface area contributed by atoms with Crippen LogP contribution in [0.3, 0.4) is 0 Å². The van der Waals surface area contributed by atoms with Crippen LogP contribution in [0.1, 0.15) is 102 Å². The second-order valence-electron chi connectivity index (χ2n) is 9.40. The molecule has 0 N–H and O–H groups in total. The van der Waals surface area contributed by atoms with Crippen molar-refractivity contribution in [2.45, 2.75) is 90.9 Å². The van der Waals surface area contributed by atoms with Crippen molar-refractivity contribution in [2.24, 2.45) is 0 Å². The summed E-state index contributed by atoms with van der Waals surface area (Å²) in [7, 11) is 0. The summed E-state index contributed by atoms with van der Waals surface area (Å²) in [4.78, 5) is 0. The molecule has 0 bridgehead atoms. The van der Waals surface area contributed by atoms with Crippen molar-refractivity contribution in [1.29, 1.82) is 0 Å². The van der Waals surface area contributed by atoms with Crippen molar-refractivity contribution in [3.8, 4) is 23.3 Å². The predicted octanol–water partition coefficient (Wildman–Crippen LogP) is 9.68. The minimum absolute atomic E-state index is 0.202. The second kappa shape index (κ2) is 17.0. The maximum Gasteiger partial charge on any atom is 0.205 e. The average molecular weight is 579 g/mol. The normalized spacial score (nSPS) is 10.9. The minimum atomic E-state index is -1.98. The van der Waals surface area contributed by atoms with Gasteiger partial charge in [-0.3, -0.25) is 0 Å². The van der Waals surface area contributed by atoms with Crippen molar-refractivity contribution in [3.05, 3.63) is 57.7 Å². The third-order valence-electron chi connectivity index (χ3n) is 6.25. The molecule has 10 heteroatoms. The SMILES string of the molecule is CCCCCCCCOc1c(F)c(F)c(C#Cc2c(F)c(F)c(OCCCCCCCC)c(F)c2F)c(F)c1F. The van der Waals surface area contributed by atoms with Gasteiger partial charge in [-0.1, -0.05) is 89.9 Å². The molecule has 0 aliphatic rings. The molecule has 0 spiro atoms. The van der Waals surface area contributed by atoms with Crippen molar-refractivity contribution in [1.82, 2.24) is 0 Å². The number of unbranched alkanes of at least 4 members (excludes halogenated alkanes) is 10. The molecule has 40 heavy (non-hydrogen) atoms. The molecule has 0 amide bonds. The van der Waals surface area contributed by atoms with Crippen LogP contribution in [-0.2, 0) is 0 Å². The summed E-state index contributed by atoms with van der Waals surface area (Å²) in [5, 5.41) is 0. The fraction of sp³-hybridized carbons (Fsp3) is 0.533. The lowest BCUT2D eigenvalue weighted by atomic mass is 10.1. The number of halogens is 8. The van der Waals surface area contributed by atoms with E-state index in [1.165, 1.54) is 0 Å².